The maximum atomic E-state index is 13.1. The highest BCUT2D eigenvalue weighted by Gasteiger charge is 2.16. The SMILES string of the molecule is O=C(Nc1ccc2sc(=O)[nH]c2c1)c1ccc(-c2ccccc2)c(CN2CCCCC2)c1. The van der Waals surface area contributed by atoms with Crippen molar-refractivity contribution >= 4 is 33.1 Å². The Hall–Kier alpha value is -3.22. The van der Waals surface area contributed by atoms with Crippen LogP contribution in [-0.4, -0.2) is 28.9 Å². The lowest BCUT2D eigenvalue weighted by atomic mass is 9.96. The monoisotopic (exact) mass is 443 g/mol. The number of benzene rings is 3. The van der Waals surface area contributed by atoms with Gasteiger partial charge in [-0.15, -0.1) is 0 Å². The van der Waals surface area contributed by atoms with Crippen LogP contribution in [0.1, 0.15) is 35.2 Å². The lowest BCUT2D eigenvalue weighted by molar-refractivity contribution is 0.102. The van der Waals surface area contributed by atoms with Gasteiger partial charge >= 0.3 is 4.87 Å². The first-order chi connectivity index (χ1) is 15.7. The van der Waals surface area contributed by atoms with Crippen molar-refractivity contribution in [1.82, 2.24) is 9.88 Å². The number of amides is 1. The van der Waals surface area contributed by atoms with Crippen LogP contribution in [0.15, 0.2) is 71.5 Å². The number of nitrogens with one attached hydrogen (secondary N) is 2. The number of hydrogen-bond donors (Lipinski definition) is 2. The van der Waals surface area contributed by atoms with Crippen LogP contribution >= 0.6 is 11.3 Å². The molecule has 4 aromatic rings. The fourth-order valence-corrected chi connectivity index (χ4v) is 5.07. The Morgan fingerprint density at radius 2 is 1.78 bits per heavy atom. The summed E-state index contributed by atoms with van der Waals surface area (Å²) in [4.78, 5) is 29.8. The first kappa shape index (κ1) is 20.7. The number of H-pyrrole nitrogens is 1. The normalized spacial score (nSPS) is 14.5. The largest absolute Gasteiger partial charge is 0.322 e. The molecular formula is C26H25N3O2S. The lowest BCUT2D eigenvalue weighted by Gasteiger charge is -2.27. The number of piperidine rings is 1. The summed E-state index contributed by atoms with van der Waals surface area (Å²) in [5, 5.41) is 2.98. The Balaban J connectivity index is 1.43. The molecule has 0 saturated carbocycles. The lowest BCUT2D eigenvalue weighted by Crippen LogP contribution is -2.29. The first-order valence-electron chi connectivity index (χ1n) is 11.0. The number of carbonyl (C=O) groups is 1. The molecule has 5 nitrogen and oxygen atoms in total. The molecule has 1 saturated heterocycles. The number of fused-ring (bicyclic) bond motifs is 1. The van der Waals surface area contributed by atoms with Crippen LogP contribution in [0, 0.1) is 0 Å². The van der Waals surface area contributed by atoms with Crippen LogP contribution in [-0.2, 0) is 6.54 Å². The number of aromatic amines is 1. The summed E-state index contributed by atoms with van der Waals surface area (Å²) in [6.45, 7) is 3.04. The number of thiazole rings is 1. The van der Waals surface area contributed by atoms with Crippen molar-refractivity contribution in [3.8, 4) is 11.1 Å². The zero-order valence-electron chi connectivity index (χ0n) is 17.8. The topological polar surface area (TPSA) is 65.2 Å². The molecule has 0 radical (unpaired) electrons. The van der Waals surface area contributed by atoms with Crippen LogP contribution < -0.4 is 10.2 Å². The average Bonchev–Trinajstić information content (AvgIpc) is 3.19. The Labute approximate surface area is 190 Å². The van der Waals surface area contributed by atoms with Gasteiger partial charge in [0.1, 0.15) is 0 Å². The first-order valence-corrected chi connectivity index (χ1v) is 11.8. The van der Waals surface area contributed by atoms with E-state index >= 15 is 0 Å². The number of hydrogen-bond acceptors (Lipinski definition) is 4. The highest BCUT2D eigenvalue weighted by atomic mass is 32.1. The molecule has 2 heterocycles. The second kappa shape index (κ2) is 9.10. The minimum Gasteiger partial charge on any atom is -0.322 e. The minimum atomic E-state index is -0.151. The van der Waals surface area contributed by atoms with Gasteiger partial charge in [0.15, 0.2) is 0 Å². The molecule has 162 valence electrons. The molecule has 0 spiro atoms. The zero-order chi connectivity index (χ0) is 21.9. The van der Waals surface area contributed by atoms with Crippen molar-refractivity contribution in [2.24, 2.45) is 0 Å². The fraction of sp³-hybridized carbons (Fsp3) is 0.231. The molecule has 2 N–H and O–H groups in total. The van der Waals surface area contributed by atoms with Gasteiger partial charge in [-0.1, -0.05) is 54.2 Å². The molecule has 0 unspecified atom stereocenters. The van der Waals surface area contributed by atoms with Crippen molar-refractivity contribution in [3.05, 3.63) is 87.5 Å². The minimum absolute atomic E-state index is 0.0951. The van der Waals surface area contributed by atoms with E-state index < -0.39 is 0 Å². The van der Waals surface area contributed by atoms with Gasteiger partial charge in [-0.2, -0.15) is 0 Å². The Bertz CT molecular complexity index is 1300. The number of carbonyl (C=O) groups excluding carboxylic acids is 1. The molecule has 5 rings (SSSR count). The molecule has 1 aromatic heterocycles. The number of nitrogens with zero attached hydrogens (tertiary/aromatic N) is 1. The number of anilines is 1. The fourth-order valence-electron chi connectivity index (χ4n) is 4.36. The second-order valence-electron chi connectivity index (χ2n) is 8.25. The highest BCUT2D eigenvalue weighted by molar-refractivity contribution is 7.16. The summed E-state index contributed by atoms with van der Waals surface area (Å²) in [7, 11) is 0. The highest BCUT2D eigenvalue weighted by Crippen LogP contribution is 2.28. The molecule has 6 heteroatoms. The maximum absolute atomic E-state index is 13.1. The van der Waals surface area contributed by atoms with E-state index in [-0.39, 0.29) is 10.8 Å². The molecule has 0 aliphatic carbocycles. The molecular weight excluding hydrogens is 418 g/mol. The smallest absolute Gasteiger partial charge is 0.305 e. The van der Waals surface area contributed by atoms with Crippen LogP contribution in [0.25, 0.3) is 21.3 Å². The third-order valence-corrected chi connectivity index (χ3v) is 6.84. The van der Waals surface area contributed by atoms with E-state index in [4.69, 9.17) is 0 Å². The van der Waals surface area contributed by atoms with Crippen molar-refractivity contribution in [2.45, 2.75) is 25.8 Å². The van der Waals surface area contributed by atoms with Crippen molar-refractivity contribution in [1.29, 1.82) is 0 Å². The van der Waals surface area contributed by atoms with E-state index in [1.165, 1.54) is 47.3 Å². The summed E-state index contributed by atoms with van der Waals surface area (Å²) >= 11 is 1.17. The predicted octanol–water partition coefficient (Wildman–Crippen LogP) is 5.49. The summed E-state index contributed by atoms with van der Waals surface area (Å²) in [5.41, 5.74) is 5.55. The molecule has 0 bridgehead atoms. The second-order valence-corrected chi connectivity index (χ2v) is 9.27. The van der Waals surface area contributed by atoms with E-state index in [0.29, 0.717) is 11.3 Å². The van der Waals surface area contributed by atoms with Crippen LogP contribution in [0.5, 0.6) is 0 Å². The maximum Gasteiger partial charge on any atom is 0.305 e. The standard InChI is InChI=1S/C26H25N3O2S/c30-25(27-21-10-12-24-23(16-21)28-26(31)32-24)19-9-11-22(18-7-3-1-4-8-18)20(15-19)17-29-13-5-2-6-14-29/h1,3-4,7-12,15-16H,2,5-6,13-14,17H2,(H,27,30)(H,28,31). The van der Waals surface area contributed by atoms with Gasteiger partial charge in [0.2, 0.25) is 0 Å². The van der Waals surface area contributed by atoms with E-state index in [9.17, 15) is 9.59 Å². The molecule has 32 heavy (non-hydrogen) atoms. The summed E-state index contributed by atoms with van der Waals surface area (Å²) in [5.74, 6) is -0.151. The molecule has 1 aliphatic rings. The van der Waals surface area contributed by atoms with E-state index in [1.807, 2.05) is 42.5 Å². The van der Waals surface area contributed by atoms with Gasteiger partial charge in [0.25, 0.3) is 5.91 Å². The molecule has 1 aliphatic heterocycles. The summed E-state index contributed by atoms with van der Waals surface area (Å²) < 4.78 is 0.879. The zero-order valence-corrected chi connectivity index (χ0v) is 18.6. The quantitative estimate of drug-likeness (QED) is 0.428. The Kier molecular flexibility index (Phi) is 5.88. The summed E-state index contributed by atoms with van der Waals surface area (Å²) in [6.07, 6.45) is 3.76. The Morgan fingerprint density at radius 1 is 0.969 bits per heavy atom. The van der Waals surface area contributed by atoms with Gasteiger partial charge in [0, 0.05) is 17.8 Å². The van der Waals surface area contributed by atoms with Crippen molar-refractivity contribution < 1.29 is 4.79 Å². The number of aromatic nitrogens is 1. The molecule has 3 aromatic carbocycles. The molecule has 1 fully saturated rings. The Morgan fingerprint density at radius 3 is 2.59 bits per heavy atom. The molecule has 1 amide bonds. The van der Waals surface area contributed by atoms with Crippen molar-refractivity contribution in [3.63, 3.8) is 0 Å². The number of rotatable bonds is 5. The third-order valence-electron chi connectivity index (χ3n) is 5.97. The van der Waals surface area contributed by atoms with Crippen LogP contribution in [0.2, 0.25) is 0 Å². The van der Waals surface area contributed by atoms with E-state index in [1.54, 1.807) is 6.07 Å². The van der Waals surface area contributed by atoms with E-state index in [0.717, 1.165) is 29.9 Å². The van der Waals surface area contributed by atoms with Crippen LogP contribution in [0.4, 0.5) is 5.69 Å². The predicted molar refractivity (Wildman–Crippen MR) is 131 cm³/mol. The van der Waals surface area contributed by atoms with Crippen LogP contribution in [0.3, 0.4) is 0 Å². The summed E-state index contributed by atoms with van der Waals surface area (Å²) in [6, 6.07) is 21.8. The third kappa shape index (κ3) is 4.52. The van der Waals surface area contributed by atoms with Crippen molar-refractivity contribution in [2.75, 3.05) is 18.4 Å². The number of likely N-dealkylation sites (tertiary alicyclic amines) is 1. The molecule has 0 atom stereocenters. The van der Waals surface area contributed by atoms with Gasteiger partial charge in [-0.3, -0.25) is 14.5 Å². The van der Waals surface area contributed by atoms with Gasteiger partial charge in [0.05, 0.1) is 10.2 Å². The van der Waals surface area contributed by atoms with Gasteiger partial charge < -0.3 is 10.3 Å². The van der Waals surface area contributed by atoms with E-state index in [2.05, 4.69) is 33.4 Å². The average molecular weight is 444 g/mol. The van der Waals surface area contributed by atoms with Gasteiger partial charge in [-0.25, -0.2) is 0 Å². The van der Waals surface area contributed by atoms with Gasteiger partial charge in [-0.05, 0) is 73.0 Å².